The van der Waals surface area contributed by atoms with E-state index in [2.05, 4.69) is 34.0 Å². The van der Waals surface area contributed by atoms with Crippen molar-refractivity contribution in [2.45, 2.75) is 30.1 Å². The molecule has 0 aliphatic heterocycles. The maximum absolute atomic E-state index is 11.6. The Balaban J connectivity index is 0.00000280. The van der Waals surface area contributed by atoms with Gasteiger partial charge in [0.1, 0.15) is 24.0 Å². The molecule has 1 atom stereocenters. The summed E-state index contributed by atoms with van der Waals surface area (Å²) in [5.74, 6) is 1.92. The zero-order valence-electron chi connectivity index (χ0n) is 16.5. The molecular formula is C21H25ClN2O2S2. The molecule has 28 heavy (non-hydrogen) atoms. The number of nitrogens with zero attached hydrogens (tertiary/aromatic N) is 2. The Morgan fingerprint density at radius 2 is 1.89 bits per heavy atom. The van der Waals surface area contributed by atoms with Gasteiger partial charge in [-0.25, -0.2) is 4.98 Å². The summed E-state index contributed by atoms with van der Waals surface area (Å²) < 4.78 is 8.01. The lowest BCUT2D eigenvalue weighted by Gasteiger charge is -2.11. The number of benzene rings is 2. The van der Waals surface area contributed by atoms with Crippen LogP contribution in [-0.4, -0.2) is 33.1 Å². The highest BCUT2D eigenvalue weighted by molar-refractivity contribution is 7.99. The third kappa shape index (κ3) is 5.25. The number of ether oxygens (including phenoxy) is 1. The molecule has 150 valence electrons. The molecule has 0 aliphatic rings. The molecule has 0 radical (unpaired) electrons. The van der Waals surface area contributed by atoms with E-state index < -0.39 is 0 Å². The van der Waals surface area contributed by atoms with Crippen molar-refractivity contribution < 1.29 is 9.53 Å². The van der Waals surface area contributed by atoms with E-state index in [1.165, 1.54) is 4.90 Å². The van der Waals surface area contributed by atoms with Gasteiger partial charge in [-0.2, -0.15) is 11.8 Å². The molecule has 2 aromatic carbocycles. The van der Waals surface area contributed by atoms with Gasteiger partial charge in [0.15, 0.2) is 0 Å². The van der Waals surface area contributed by atoms with Gasteiger partial charge in [-0.3, -0.25) is 4.79 Å². The number of halogens is 1. The van der Waals surface area contributed by atoms with Gasteiger partial charge in [0.2, 0.25) is 0 Å². The smallest absolute Gasteiger partial charge is 0.147 e. The van der Waals surface area contributed by atoms with Crippen LogP contribution in [0.2, 0.25) is 0 Å². The van der Waals surface area contributed by atoms with Gasteiger partial charge in [0, 0.05) is 11.9 Å². The number of carbonyl (C=O) groups excluding carboxylic acids is 1. The first-order valence-electron chi connectivity index (χ1n) is 8.76. The molecule has 1 aromatic heterocycles. The van der Waals surface area contributed by atoms with E-state index in [1.54, 1.807) is 30.4 Å². The summed E-state index contributed by atoms with van der Waals surface area (Å²) in [6.07, 6.45) is 4.80. The first-order valence-corrected chi connectivity index (χ1v) is 11.3. The second-order valence-electron chi connectivity index (χ2n) is 6.41. The van der Waals surface area contributed by atoms with Crippen molar-refractivity contribution in [2.75, 3.05) is 12.5 Å². The highest BCUT2D eigenvalue weighted by atomic mass is 35.5. The van der Waals surface area contributed by atoms with Gasteiger partial charge in [-0.1, -0.05) is 12.1 Å². The number of fused-ring (bicyclic) bond motifs is 1. The minimum atomic E-state index is 0. The first kappa shape index (κ1) is 22.7. The minimum absolute atomic E-state index is 0. The van der Waals surface area contributed by atoms with Gasteiger partial charge in [0.25, 0.3) is 0 Å². The molecule has 4 nitrogen and oxygen atoms in total. The fourth-order valence-electron chi connectivity index (χ4n) is 2.95. The maximum Gasteiger partial charge on any atom is 0.147 e. The fourth-order valence-corrected chi connectivity index (χ4v) is 4.08. The van der Waals surface area contributed by atoms with Crippen LogP contribution in [0.25, 0.3) is 11.0 Å². The van der Waals surface area contributed by atoms with Crippen molar-refractivity contribution in [3.05, 3.63) is 53.9 Å². The topological polar surface area (TPSA) is 44.1 Å². The number of hydrogen-bond donors (Lipinski definition) is 0. The summed E-state index contributed by atoms with van der Waals surface area (Å²) in [6.45, 7) is 2.07. The average molecular weight is 437 g/mol. The molecule has 0 amide bonds. The van der Waals surface area contributed by atoms with E-state index in [0.717, 1.165) is 34.6 Å². The van der Waals surface area contributed by atoms with Crippen molar-refractivity contribution in [3.63, 3.8) is 0 Å². The number of aryl methyl sites for hydroxylation is 1. The number of rotatable bonds is 8. The summed E-state index contributed by atoms with van der Waals surface area (Å²) in [4.78, 5) is 17.5. The summed E-state index contributed by atoms with van der Waals surface area (Å²) >= 11 is 3.32. The highest BCUT2D eigenvalue weighted by Gasteiger charge is 2.13. The van der Waals surface area contributed by atoms with Crippen LogP contribution in [0.4, 0.5) is 0 Å². The van der Waals surface area contributed by atoms with Crippen molar-refractivity contribution in [1.29, 1.82) is 0 Å². The number of thioether (sulfide) groups is 2. The quantitative estimate of drug-likeness (QED) is 0.456. The van der Waals surface area contributed by atoms with Crippen LogP contribution >= 0.6 is 35.9 Å². The van der Waals surface area contributed by atoms with E-state index in [4.69, 9.17) is 4.74 Å². The second-order valence-corrected chi connectivity index (χ2v) is 8.33. The lowest BCUT2D eigenvalue weighted by atomic mass is 10.1. The number of ketones is 1. The highest BCUT2D eigenvalue weighted by Crippen LogP contribution is 2.23. The number of aromatic nitrogens is 2. The van der Waals surface area contributed by atoms with E-state index in [0.29, 0.717) is 6.61 Å². The van der Waals surface area contributed by atoms with E-state index in [9.17, 15) is 4.79 Å². The Morgan fingerprint density at radius 3 is 2.50 bits per heavy atom. The Morgan fingerprint density at radius 1 is 1.18 bits per heavy atom. The summed E-state index contributed by atoms with van der Waals surface area (Å²) in [5, 5.41) is 0.0166. The van der Waals surface area contributed by atoms with Crippen LogP contribution in [0.1, 0.15) is 18.3 Å². The second kappa shape index (κ2) is 10.2. The summed E-state index contributed by atoms with van der Waals surface area (Å²) in [7, 11) is 2.02. The van der Waals surface area contributed by atoms with Crippen LogP contribution < -0.4 is 4.74 Å². The number of imidazole rings is 1. The Labute approximate surface area is 180 Å². The Kier molecular flexibility index (Phi) is 8.28. The number of Topliss-reactive ketones (excluding diaryl/α,β-unsaturated/α-hetero) is 1. The number of hydrogen-bond acceptors (Lipinski definition) is 5. The molecule has 0 saturated carbocycles. The molecule has 3 rings (SSSR count). The molecule has 0 fully saturated rings. The zero-order valence-corrected chi connectivity index (χ0v) is 18.9. The van der Waals surface area contributed by atoms with Gasteiger partial charge in [-0.15, -0.1) is 24.2 Å². The minimum Gasteiger partial charge on any atom is -0.486 e. The third-order valence-corrected chi connectivity index (χ3v) is 6.42. The Bertz CT molecular complexity index is 941. The molecule has 3 aromatic rings. The van der Waals surface area contributed by atoms with E-state index >= 15 is 0 Å². The van der Waals surface area contributed by atoms with Crippen LogP contribution in [0.5, 0.6) is 5.75 Å². The molecule has 0 saturated heterocycles. The van der Waals surface area contributed by atoms with Crippen molar-refractivity contribution in [2.24, 2.45) is 7.05 Å². The van der Waals surface area contributed by atoms with Crippen LogP contribution in [-0.2, 0) is 24.9 Å². The zero-order chi connectivity index (χ0) is 19.4. The van der Waals surface area contributed by atoms with Crippen molar-refractivity contribution in [1.82, 2.24) is 9.55 Å². The van der Waals surface area contributed by atoms with Crippen molar-refractivity contribution >= 4 is 52.7 Å². The Hall–Kier alpha value is -1.63. The first-order chi connectivity index (χ1) is 13.0. The van der Waals surface area contributed by atoms with E-state index in [-0.39, 0.29) is 23.4 Å². The molecule has 0 N–H and O–H groups in total. The van der Waals surface area contributed by atoms with Crippen LogP contribution in [0.15, 0.2) is 47.4 Å². The third-order valence-electron chi connectivity index (χ3n) is 4.63. The lowest BCUT2D eigenvalue weighted by molar-refractivity contribution is -0.116. The molecule has 7 heteroatoms. The van der Waals surface area contributed by atoms with Crippen LogP contribution in [0, 0.1) is 0 Å². The predicted octanol–water partition coefficient (Wildman–Crippen LogP) is 5.16. The largest absolute Gasteiger partial charge is 0.486 e. The summed E-state index contributed by atoms with van der Waals surface area (Å²) in [6, 6.07) is 14.3. The molecular weight excluding hydrogens is 412 g/mol. The maximum atomic E-state index is 11.6. The molecule has 0 aliphatic carbocycles. The standard InChI is InChI=1S/C21H24N2O2S2.ClH/c1-14(24)20(27-4)11-15-5-7-16(8-6-15)25-13-21-22-18-10-9-17(26-3)12-19(18)23(21)2;/h5-10,12,20H,11,13H2,1-4H3;1H. The monoisotopic (exact) mass is 436 g/mol. The molecule has 1 unspecified atom stereocenters. The molecule has 0 spiro atoms. The SMILES string of the molecule is CSc1ccc2nc(COc3ccc(CC(SC)C(C)=O)cc3)n(C)c2c1.Cl. The number of carbonyl (C=O) groups is 1. The lowest BCUT2D eigenvalue weighted by Crippen LogP contribution is -2.16. The van der Waals surface area contributed by atoms with Crippen molar-refractivity contribution in [3.8, 4) is 5.75 Å². The van der Waals surface area contributed by atoms with E-state index in [1.807, 2.05) is 37.6 Å². The average Bonchev–Trinajstić information content (AvgIpc) is 3.00. The van der Waals surface area contributed by atoms with Gasteiger partial charge in [-0.05, 0) is 61.8 Å². The normalized spacial score (nSPS) is 11.9. The summed E-state index contributed by atoms with van der Waals surface area (Å²) in [5.41, 5.74) is 3.24. The predicted molar refractivity (Wildman–Crippen MR) is 122 cm³/mol. The van der Waals surface area contributed by atoms with Gasteiger partial charge in [0.05, 0.1) is 16.3 Å². The van der Waals surface area contributed by atoms with Crippen LogP contribution in [0.3, 0.4) is 0 Å². The van der Waals surface area contributed by atoms with Gasteiger partial charge < -0.3 is 9.30 Å². The fraction of sp³-hybridized carbons (Fsp3) is 0.333. The molecule has 1 heterocycles. The van der Waals surface area contributed by atoms with Gasteiger partial charge >= 0.3 is 0 Å². The molecule has 0 bridgehead atoms.